The maximum Gasteiger partial charge on any atom is 0.254 e. The summed E-state index contributed by atoms with van der Waals surface area (Å²) in [5, 5.41) is 12.5. The van der Waals surface area contributed by atoms with Crippen LogP contribution in [0.5, 0.6) is 5.75 Å². The number of halogens is 2. The molecule has 0 heterocycles. The number of nitriles is 1. The van der Waals surface area contributed by atoms with Crippen LogP contribution < -0.4 is 10.1 Å². The molecule has 0 spiro atoms. The predicted octanol–water partition coefficient (Wildman–Crippen LogP) is 5.54. The summed E-state index contributed by atoms with van der Waals surface area (Å²) in [5.74, 6) is -0.251. The number of likely N-dealkylation sites (N-methyl/N-ethyl adjacent to an activating group) is 1. The molecule has 3 rings (SSSR count). The lowest BCUT2D eigenvalue weighted by Crippen LogP contribution is -2.38. The molecule has 0 bridgehead atoms. The second kappa shape index (κ2) is 11.4. The topological polar surface area (TPSA) is 82.4 Å². The fraction of sp³-hybridized carbons (Fsp3) is 0.160. The van der Waals surface area contributed by atoms with E-state index >= 15 is 0 Å². The molecule has 8 heteroatoms. The zero-order valence-corrected chi connectivity index (χ0v) is 19.4. The minimum Gasteiger partial charge on any atom is -0.489 e. The predicted molar refractivity (Wildman–Crippen MR) is 129 cm³/mol. The molecular weight excluding hydrogens is 461 g/mol. The molecule has 6 nitrogen and oxygen atoms in total. The van der Waals surface area contributed by atoms with Crippen LogP contribution in [0.4, 0.5) is 5.69 Å². The fourth-order valence-corrected chi connectivity index (χ4v) is 3.61. The first kappa shape index (κ1) is 24.1. The molecule has 0 aliphatic rings. The monoisotopic (exact) mass is 481 g/mol. The molecule has 0 saturated carbocycles. The van der Waals surface area contributed by atoms with Gasteiger partial charge in [0, 0.05) is 17.7 Å². The number of amides is 2. The van der Waals surface area contributed by atoms with Crippen molar-refractivity contribution in [2.75, 3.05) is 18.4 Å². The second-order valence-electron chi connectivity index (χ2n) is 7.05. The van der Waals surface area contributed by atoms with Gasteiger partial charge in [-0.2, -0.15) is 5.26 Å². The van der Waals surface area contributed by atoms with E-state index in [9.17, 15) is 14.9 Å². The van der Waals surface area contributed by atoms with Crippen molar-refractivity contribution in [3.63, 3.8) is 0 Å². The minimum absolute atomic E-state index is 0.169. The molecule has 3 aromatic rings. The smallest absolute Gasteiger partial charge is 0.254 e. The summed E-state index contributed by atoms with van der Waals surface area (Å²) in [6.07, 6.45) is 0. The zero-order valence-electron chi connectivity index (χ0n) is 17.8. The molecule has 0 fully saturated rings. The van der Waals surface area contributed by atoms with Crippen LogP contribution in [0.25, 0.3) is 0 Å². The van der Waals surface area contributed by atoms with Gasteiger partial charge in [0.05, 0.1) is 27.4 Å². The molecule has 0 aliphatic carbocycles. The molecule has 0 saturated heterocycles. The third-order valence-electron chi connectivity index (χ3n) is 4.84. The van der Waals surface area contributed by atoms with Gasteiger partial charge in [0.1, 0.15) is 18.9 Å². The van der Waals surface area contributed by atoms with Crippen LogP contribution in [-0.2, 0) is 11.4 Å². The van der Waals surface area contributed by atoms with E-state index < -0.39 is 5.91 Å². The van der Waals surface area contributed by atoms with E-state index in [0.717, 1.165) is 5.56 Å². The van der Waals surface area contributed by atoms with Crippen molar-refractivity contribution in [3.8, 4) is 11.8 Å². The van der Waals surface area contributed by atoms with E-state index in [-0.39, 0.29) is 19.1 Å². The van der Waals surface area contributed by atoms with Crippen molar-refractivity contribution < 1.29 is 14.3 Å². The first-order chi connectivity index (χ1) is 15.9. The molecule has 3 aromatic carbocycles. The van der Waals surface area contributed by atoms with Crippen molar-refractivity contribution in [2.45, 2.75) is 13.5 Å². The maximum absolute atomic E-state index is 13.0. The number of hydrogen-bond acceptors (Lipinski definition) is 4. The van der Waals surface area contributed by atoms with Gasteiger partial charge in [-0.05, 0) is 43.3 Å². The Morgan fingerprint density at radius 3 is 2.42 bits per heavy atom. The van der Waals surface area contributed by atoms with Crippen LogP contribution in [0.1, 0.15) is 28.4 Å². The van der Waals surface area contributed by atoms with Crippen molar-refractivity contribution in [3.05, 3.63) is 93.5 Å². The van der Waals surface area contributed by atoms with Crippen molar-refractivity contribution in [1.29, 1.82) is 5.26 Å². The average molecular weight is 482 g/mol. The van der Waals surface area contributed by atoms with Gasteiger partial charge in [-0.3, -0.25) is 9.59 Å². The number of anilines is 1. The third-order valence-corrected chi connectivity index (χ3v) is 5.47. The SMILES string of the molecule is CCN(CC(=O)Nc1c(Cl)cccc1Cl)C(=O)c1cccc(OCc2ccccc2C#N)c1. The van der Waals surface area contributed by atoms with Gasteiger partial charge < -0.3 is 15.0 Å². The number of rotatable bonds is 8. The van der Waals surface area contributed by atoms with Crippen LogP contribution >= 0.6 is 23.2 Å². The summed E-state index contributed by atoms with van der Waals surface area (Å²) >= 11 is 12.2. The zero-order chi connectivity index (χ0) is 23.8. The number of nitrogens with one attached hydrogen (secondary N) is 1. The van der Waals surface area contributed by atoms with E-state index in [1.807, 2.05) is 12.1 Å². The second-order valence-corrected chi connectivity index (χ2v) is 7.86. The van der Waals surface area contributed by atoms with E-state index in [2.05, 4.69) is 11.4 Å². The summed E-state index contributed by atoms with van der Waals surface area (Å²) in [7, 11) is 0. The summed E-state index contributed by atoms with van der Waals surface area (Å²) in [6.45, 7) is 2.13. The third kappa shape index (κ3) is 6.26. The first-order valence-corrected chi connectivity index (χ1v) is 10.9. The number of nitrogens with zero attached hydrogens (tertiary/aromatic N) is 2. The van der Waals surface area contributed by atoms with Gasteiger partial charge in [0.25, 0.3) is 5.91 Å². The molecule has 168 valence electrons. The Hall–Kier alpha value is -3.53. The number of ether oxygens (including phenoxy) is 1. The highest BCUT2D eigenvalue weighted by Gasteiger charge is 2.19. The van der Waals surface area contributed by atoms with Gasteiger partial charge in [-0.1, -0.05) is 53.5 Å². The molecule has 0 aliphatic heterocycles. The van der Waals surface area contributed by atoms with Crippen LogP contribution in [-0.4, -0.2) is 29.8 Å². The highest BCUT2D eigenvalue weighted by atomic mass is 35.5. The number of carbonyl (C=O) groups excluding carboxylic acids is 2. The van der Waals surface area contributed by atoms with Crippen molar-refractivity contribution in [2.24, 2.45) is 0 Å². The van der Waals surface area contributed by atoms with E-state index in [0.29, 0.717) is 39.2 Å². The molecule has 0 atom stereocenters. The lowest BCUT2D eigenvalue weighted by atomic mass is 10.1. The summed E-state index contributed by atoms with van der Waals surface area (Å²) < 4.78 is 5.79. The summed E-state index contributed by atoms with van der Waals surface area (Å²) in [5.41, 5.74) is 1.97. The van der Waals surface area contributed by atoms with Crippen molar-refractivity contribution >= 4 is 40.7 Å². The molecule has 0 unspecified atom stereocenters. The number of carbonyl (C=O) groups is 2. The number of para-hydroxylation sites is 1. The normalized spacial score (nSPS) is 10.2. The molecule has 33 heavy (non-hydrogen) atoms. The Balaban J connectivity index is 1.67. The van der Waals surface area contributed by atoms with E-state index in [4.69, 9.17) is 27.9 Å². The van der Waals surface area contributed by atoms with Gasteiger partial charge in [0.2, 0.25) is 5.91 Å². The van der Waals surface area contributed by atoms with Gasteiger partial charge >= 0.3 is 0 Å². The Bertz CT molecular complexity index is 1190. The van der Waals surface area contributed by atoms with Crippen LogP contribution in [0, 0.1) is 11.3 Å². The van der Waals surface area contributed by atoms with Gasteiger partial charge in [0.15, 0.2) is 0 Å². The number of benzene rings is 3. The van der Waals surface area contributed by atoms with Crippen molar-refractivity contribution in [1.82, 2.24) is 4.90 Å². The summed E-state index contributed by atoms with van der Waals surface area (Å²) in [4.78, 5) is 27.0. The van der Waals surface area contributed by atoms with Crippen LogP contribution in [0.2, 0.25) is 10.0 Å². The lowest BCUT2D eigenvalue weighted by molar-refractivity contribution is -0.116. The Kier molecular flexibility index (Phi) is 8.31. The minimum atomic E-state index is -0.416. The molecule has 0 aromatic heterocycles. The fourth-order valence-electron chi connectivity index (χ4n) is 3.11. The molecule has 1 N–H and O–H groups in total. The van der Waals surface area contributed by atoms with Crippen LogP contribution in [0.15, 0.2) is 66.7 Å². The largest absolute Gasteiger partial charge is 0.489 e. The quantitative estimate of drug-likeness (QED) is 0.457. The highest BCUT2D eigenvalue weighted by molar-refractivity contribution is 6.39. The highest BCUT2D eigenvalue weighted by Crippen LogP contribution is 2.29. The maximum atomic E-state index is 13.0. The Morgan fingerprint density at radius 1 is 1.03 bits per heavy atom. The first-order valence-electron chi connectivity index (χ1n) is 10.2. The molecule has 2 amide bonds. The standard InChI is InChI=1S/C25H21Cl2N3O3/c1-2-30(15-23(31)29-24-21(26)11-6-12-22(24)27)25(32)17-9-5-10-20(13-17)33-16-19-8-4-3-7-18(19)14-28/h3-13H,2,15-16H2,1H3,(H,29,31). The molecule has 0 radical (unpaired) electrons. The number of hydrogen-bond donors (Lipinski definition) is 1. The molecular formula is C25H21Cl2N3O3. The Morgan fingerprint density at radius 2 is 1.73 bits per heavy atom. The van der Waals surface area contributed by atoms with Gasteiger partial charge in [-0.15, -0.1) is 0 Å². The van der Waals surface area contributed by atoms with Crippen LogP contribution in [0.3, 0.4) is 0 Å². The lowest BCUT2D eigenvalue weighted by Gasteiger charge is -2.21. The average Bonchev–Trinajstić information content (AvgIpc) is 2.83. The van der Waals surface area contributed by atoms with Gasteiger partial charge in [-0.25, -0.2) is 0 Å². The summed E-state index contributed by atoms with van der Waals surface area (Å²) in [6, 6.07) is 20.9. The van der Waals surface area contributed by atoms with E-state index in [1.165, 1.54) is 4.90 Å². The Labute approximate surface area is 202 Å². The van der Waals surface area contributed by atoms with E-state index in [1.54, 1.807) is 61.5 Å².